The molecule has 1 saturated heterocycles. The molecule has 0 unspecified atom stereocenters. The Labute approximate surface area is 99.8 Å². The van der Waals surface area contributed by atoms with E-state index in [1.807, 2.05) is 11.0 Å². The van der Waals surface area contributed by atoms with Crippen molar-refractivity contribution in [3.05, 3.63) is 34.4 Å². The van der Waals surface area contributed by atoms with Gasteiger partial charge in [-0.15, -0.1) is 0 Å². The Hall–Kier alpha value is -1.62. The van der Waals surface area contributed by atoms with Gasteiger partial charge < -0.3 is 10.0 Å². The fraction of sp³-hybridized carbons (Fsp3) is 0.500. The van der Waals surface area contributed by atoms with Gasteiger partial charge in [-0.25, -0.2) is 0 Å². The summed E-state index contributed by atoms with van der Waals surface area (Å²) in [4.78, 5) is 12.6. The molecular formula is C12H16N2O3. The maximum atomic E-state index is 10.9. The molecule has 92 valence electrons. The summed E-state index contributed by atoms with van der Waals surface area (Å²) in [6.07, 6.45) is 1.77. The van der Waals surface area contributed by atoms with Crippen LogP contribution in [0.1, 0.15) is 12.8 Å². The van der Waals surface area contributed by atoms with E-state index in [0.29, 0.717) is 11.6 Å². The highest BCUT2D eigenvalue weighted by Gasteiger charge is 2.26. The molecule has 2 rings (SSSR count). The van der Waals surface area contributed by atoms with Crippen molar-refractivity contribution < 1.29 is 10.0 Å². The second-order valence-corrected chi connectivity index (χ2v) is 4.36. The normalized spacial score (nSPS) is 19.6. The number of rotatable bonds is 4. The number of hydrogen-bond donors (Lipinski definition) is 1. The van der Waals surface area contributed by atoms with E-state index in [2.05, 4.69) is 0 Å². The molecule has 0 saturated carbocycles. The van der Waals surface area contributed by atoms with E-state index < -0.39 is 0 Å². The molecule has 0 aliphatic carbocycles. The number of nitro benzene ring substituents is 1. The number of anilines is 1. The third-order valence-corrected chi connectivity index (χ3v) is 3.24. The van der Waals surface area contributed by atoms with Crippen molar-refractivity contribution in [1.29, 1.82) is 0 Å². The molecule has 0 aromatic heterocycles. The molecule has 0 amide bonds. The maximum absolute atomic E-state index is 10.9. The fourth-order valence-corrected chi connectivity index (χ4v) is 2.36. The highest BCUT2D eigenvalue weighted by atomic mass is 16.6. The molecule has 1 aromatic rings. The smallest absolute Gasteiger partial charge is 0.292 e. The van der Waals surface area contributed by atoms with E-state index in [1.54, 1.807) is 12.1 Å². The summed E-state index contributed by atoms with van der Waals surface area (Å²) < 4.78 is 0. The maximum Gasteiger partial charge on any atom is 0.292 e. The summed E-state index contributed by atoms with van der Waals surface area (Å²) in [7, 11) is 0. The van der Waals surface area contributed by atoms with E-state index >= 15 is 0 Å². The van der Waals surface area contributed by atoms with E-state index in [1.165, 1.54) is 6.07 Å². The molecule has 1 N–H and O–H groups in total. The molecule has 5 heteroatoms. The van der Waals surface area contributed by atoms with Crippen LogP contribution in [0, 0.1) is 16.0 Å². The average Bonchev–Trinajstić information content (AvgIpc) is 2.78. The van der Waals surface area contributed by atoms with Gasteiger partial charge in [-0.1, -0.05) is 12.1 Å². The van der Waals surface area contributed by atoms with Gasteiger partial charge in [0.1, 0.15) is 5.69 Å². The van der Waals surface area contributed by atoms with E-state index in [9.17, 15) is 10.1 Å². The number of aliphatic hydroxyl groups excluding tert-OH is 1. The lowest BCUT2D eigenvalue weighted by Crippen LogP contribution is -2.20. The molecule has 0 radical (unpaired) electrons. The molecule has 1 aromatic carbocycles. The summed E-state index contributed by atoms with van der Waals surface area (Å²) in [5.74, 6) is 0.444. The van der Waals surface area contributed by atoms with Gasteiger partial charge in [0.2, 0.25) is 0 Å². The summed E-state index contributed by atoms with van der Waals surface area (Å²) in [5.41, 5.74) is 0.857. The highest BCUT2D eigenvalue weighted by molar-refractivity contribution is 5.63. The van der Waals surface area contributed by atoms with Crippen LogP contribution in [0.15, 0.2) is 24.3 Å². The van der Waals surface area contributed by atoms with Gasteiger partial charge in [-0.2, -0.15) is 0 Å². The van der Waals surface area contributed by atoms with E-state index in [-0.39, 0.29) is 17.2 Å². The SMILES string of the molecule is O=[N+]([O-])c1ccccc1N1CC[C@@H](CCO)C1. The van der Waals surface area contributed by atoms with Crippen molar-refractivity contribution in [1.82, 2.24) is 0 Å². The van der Waals surface area contributed by atoms with Crippen LogP contribution in [0.3, 0.4) is 0 Å². The first-order valence-corrected chi connectivity index (χ1v) is 5.81. The van der Waals surface area contributed by atoms with Crippen LogP contribution in [0.25, 0.3) is 0 Å². The van der Waals surface area contributed by atoms with Crippen LogP contribution >= 0.6 is 0 Å². The number of aliphatic hydroxyl groups is 1. The Morgan fingerprint density at radius 3 is 2.94 bits per heavy atom. The third-order valence-electron chi connectivity index (χ3n) is 3.24. The average molecular weight is 236 g/mol. The van der Waals surface area contributed by atoms with E-state index in [4.69, 9.17) is 5.11 Å². The Kier molecular flexibility index (Phi) is 3.58. The molecule has 1 heterocycles. The van der Waals surface area contributed by atoms with Crippen LogP contribution in [-0.4, -0.2) is 29.7 Å². The number of nitrogens with zero attached hydrogens (tertiary/aromatic N) is 2. The first-order chi connectivity index (χ1) is 8.22. The zero-order valence-electron chi connectivity index (χ0n) is 9.58. The van der Waals surface area contributed by atoms with Gasteiger partial charge >= 0.3 is 0 Å². The topological polar surface area (TPSA) is 66.6 Å². The van der Waals surface area contributed by atoms with Gasteiger partial charge in [-0.05, 0) is 24.8 Å². The molecule has 17 heavy (non-hydrogen) atoms. The minimum absolute atomic E-state index is 0.164. The molecule has 1 atom stereocenters. The summed E-state index contributed by atoms with van der Waals surface area (Å²) >= 11 is 0. The minimum Gasteiger partial charge on any atom is -0.396 e. The fourth-order valence-electron chi connectivity index (χ4n) is 2.36. The first kappa shape index (κ1) is 11.9. The predicted octanol–water partition coefficient (Wildman–Crippen LogP) is 1.80. The number of nitro groups is 1. The summed E-state index contributed by atoms with van der Waals surface area (Å²) in [6, 6.07) is 6.83. The van der Waals surface area contributed by atoms with Crippen LogP contribution in [0.2, 0.25) is 0 Å². The van der Waals surface area contributed by atoms with Gasteiger partial charge in [0.15, 0.2) is 0 Å². The molecule has 0 bridgehead atoms. The van der Waals surface area contributed by atoms with Gasteiger partial charge in [-0.3, -0.25) is 10.1 Å². The quantitative estimate of drug-likeness (QED) is 0.639. The largest absolute Gasteiger partial charge is 0.396 e. The van der Waals surface area contributed by atoms with Crippen LogP contribution in [0.5, 0.6) is 0 Å². The Morgan fingerprint density at radius 1 is 1.47 bits per heavy atom. The lowest BCUT2D eigenvalue weighted by molar-refractivity contribution is -0.384. The molecular weight excluding hydrogens is 220 g/mol. The lowest BCUT2D eigenvalue weighted by atomic mass is 10.1. The predicted molar refractivity (Wildman–Crippen MR) is 65.1 cm³/mol. The van der Waals surface area contributed by atoms with Crippen LogP contribution in [-0.2, 0) is 0 Å². The number of hydrogen-bond acceptors (Lipinski definition) is 4. The molecule has 0 spiro atoms. The highest BCUT2D eigenvalue weighted by Crippen LogP contribution is 2.32. The van der Waals surface area contributed by atoms with Crippen molar-refractivity contribution in [3.63, 3.8) is 0 Å². The Balaban J connectivity index is 2.16. The first-order valence-electron chi connectivity index (χ1n) is 5.81. The molecule has 1 aliphatic rings. The third kappa shape index (κ3) is 2.55. The van der Waals surface area contributed by atoms with Crippen molar-refractivity contribution in [2.24, 2.45) is 5.92 Å². The van der Waals surface area contributed by atoms with Gasteiger partial charge in [0.05, 0.1) is 4.92 Å². The summed E-state index contributed by atoms with van der Waals surface area (Å²) in [6.45, 7) is 1.82. The second-order valence-electron chi connectivity index (χ2n) is 4.36. The number of para-hydroxylation sites is 2. The zero-order valence-corrected chi connectivity index (χ0v) is 9.58. The molecule has 1 aliphatic heterocycles. The Bertz CT molecular complexity index is 408. The van der Waals surface area contributed by atoms with Crippen LogP contribution in [0.4, 0.5) is 11.4 Å². The minimum atomic E-state index is -0.339. The van der Waals surface area contributed by atoms with E-state index in [0.717, 1.165) is 25.9 Å². The van der Waals surface area contributed by atoms with Crippen LogP contribution < -0.4 is 4.90 Å². The second kappa shape index (κ2) is 5.14. The zero-order chi connectivity index (χ0) is 12.3. The van der Waals surface area contributed by atoms with Crippen molar-refractivity contribution in [3.8, 4) is 0 Å². The van der Waals surface area contributed by atoms with Crippen molar-refractivity contribution in [2.45, 2.75) is 12.8 Å². The molecule has 5 nitrogen and oxygen atoms in total. The Morgan fingerprint density at radius 2 is 2.24 bits per heavy atom. The number of benzene rings is 1. The molecule has 1 fully saturated rings. The van der Waals surface area contributed by atoms with Gasteiger partial charge in [0, 0.05) is 25.8 Å². The monoisotopic (exact) mass is 236 g/mol. The summed E-state index contributed by atoms with van der Waals surface area (Å²) in [5, 5.41) is 19.8. The van der Waals surface area contributed by atoms with Gasteiger partial charge in [0.25, 0.3) is 5.69 Å². The lowest BCUT2D eigenvalue weighted by Gasteiger charge is -2.18. The van der Waals surface area contributed by atoms with Crippen molar-refractivity contribution in [2.75, 3.05) is 24.6 Å². The van der Waals surface area contributed by atoms with Crippen molar-refractivity contribution >= 4 is 11.4 Å². The standard InChI is InChI=1S/C12H16N2O3/c15-8-6-10-5-7-13(9-10)11-3-1-2-4-12(11)14(16)17/h1-4,10,15H,5-9H2/t10-/m0/s1.